The van der Waals surface area contributed by atoms with Gasteiger partial charge in [0.1, 0.15) is 0 Å². The van der Waals surface area contributed by atoms with Gasteiger partial charge in [0.25, 0.3) is 0 Å². The summed E-state index contributed by atoms with van der Waals surface area (Å²) in [6, 6.07) is 9.07. The fourth-order valence-electron chi connectivity index (χ4n) is 1.48. The Balaban J connectivity index is 3.30. The molecule has 0 saturated carbocycles. The fourth-order valence-corrected chi connectivity index (χ4v) is 1.48. The predicted molar refractivity (Wildman–Crippen MR) is 56.4 cm³/mol. The molecule has 4 nitrogen and oxygen atoms in total. The van der Waals surface area contributed by atoms with Crippen LogP contribution in [0.5, 0.6) is 0 Å². The van der Waals surface area contributed by atoms with Crippen molar-refractivity contribution < 1.29 is 9.53 Å². The van der Waals surface area contributed by atoms with Gasteiger partial charge in [-0.2, -0.15) is 10.5 Å². The first-order chi connectivity index (χ1) is 7.74. The Morgan fingerprint density at radius 1 is 1.25 bits per heavy atom. The Kier molecular flexibility index (Phi) is 4.06. The van der Waals surface area contributed by atoms with Gasteiger partial charge in [-0.1, -0.05) is 18.2 Å². The number of hydrogen-bond donors (Lipinski definition) is 0. The van der Waals surface area contributed by atoms with Crippen LogP contribution < -0.4 is 0 Å². The first-order valence-electron chi connectivity index (χ1n) is 4.67. The molecule has 0 aliphatic heterocycles. The maximum absolute atomic E-state index is 11.6. The van der Waals surface area contributed by atoms with Crippen molar-refractivity contribution in [2.75, 3.05) is 7.11 Å². The Labute approximate surface area is 93.7 Å². The van der Waals surface area contributed by atoms with Crippen molar-refractivity contribution in [1.29, 1.82) is 10.5 Å². The number of carbonyl (C=O) groups is 1. The smallest absolute Gasteiger partial charge is 0.338 e. The van der Waals surface area contributed by atoms with E-state index in [0.717, 1.165) is 0 Å². The van der Waals surface area contributed by atoms with Crippen molar-refractivity contribution in [3.05, 3.63) is 34.9 Å². The third-order valence-corrected chi connectivity index (χ3v) is 2.17. The minimum atomic E-state index is -0.504. The van der Waals surface area contributed by atoms with Crippen LogP contribution in [0.1, 0.15) is 21.5 Å². The first-order valence-corrected chi connectivity index (χ1v) is 4.67. The van der Waals surface area contributed by atoms with E-state index in [1.165, 1.54) is 7.11 Å². The van der Waals surface area contributed by atoms with Gasteiger partial charge in [0, 0.05) is 0 Å². The second-order valence-corrected chi connectivity index (χ2v) is 3.11. The van der Waals surface area contributed by atoms with Gasteiger partial charge in [0.15, 0.2) is 0 Å². The highest BCUT2D eigenvalue weighted by Gasteiger charge is 2.16. The van der Waals surface area contributed by atoms with E-state index in [1.54, 1.807) is 18.2 Å². The average molecular weight is 214 g/mol. The van der Waals surface area contributed by atoms with Gasteiger partial charge in [0.2, 0.25) is 0 Å². The number of carbonyl (C=O) groups excluding carboxylic acids is 1. The fraction of sp³-hybridized carbons (Fsp3) is 0.250. The quantitative estimate of drug-likeness (QED) is 0.716. The Hall–Kier alpha value is -2.33. The molecule has 0 saturated heterocycles. The van der Waals surface area contributed by atoms with Gasteiger partial charge in [-0.25, -0.2) is 4.79 Å². The minimum Gasteiger partial charge on any atom is -0.465 e. The number of esters is 1. The predicted octanol–water partition coefficient (Wildman–Crippen LogP) is 1.61. The SMILES string of the molecule is COC(=O)c1c(CC#N)cccc1CC#N. The van der Waals surface area contributed by atoms with E-state index < -0.39 is 5.97 Å². The van der Waals surface area contributed by atoms with Crippen molar-refractivity contribution in [3.8, 4) is 12.1 Å². The molecule has 0 unspecified atom stereocenters. The zero-order chi connectivity index (χ0) is 12.0. The Morgan fingerprint density at radius 3 is 2.12 bits per heavy atom. The second kappa shape index (κ2) is 5.53. The largest absolute Gasteiger partial charge is 0.465 e. The van der Waals surface area contributed by atoms with Crippen LogP contribution in [0.15, 0.2) is 18.2 Å². The third-order valence-electron chi connectivity index (χ3n) is 2.17. The maximum Gasteiger partial charge on any atom is 0.338 e. The second-order valence-electron chi connectivity index (χ2n) is 3.11. The summed E-state index contributed by atoms with van der Waals surface area (Å²) >= 11 is 0. The number of hydrogen-bond acceptors (Lipinski definition) is 4. The zero-order valence-electron chi connectivity index (χ0n) is 8.86. The van der Waals surface area contributed by atoms with Crippen molar-refractivity contribution in [2.24, 2.45) is 0 Å². The number of ether oxygens (including phenoxy) is 1. The number of nitriles is 2. The summed E-state index contributed by atoms with van der Waals surface area (Å²) in [5, 5.41) is 17.3. The highest BCUT2D eigenvalue weighted by molar-refractivity contribution is 5.93. The van der Waals surface area contributed by atoms with E-state index in [2.05, 4.69) is 4.74 Å². The van der Waals surface area contributed by atoms with Gasteiger partial charge in [-0.15, -0.1) is 0 Å². The Morgan fingerprint density at radius 2 is 1.75 bits per heavy atom. The standard InChI is InChI=1S/C12H10N2O2/c1-16-12(15)11-9(5-7-13)3-2-4-10(11)6-8-14/h2-4H,5-6H2,1H3. The van der Waals surface area contributed by atoms with Crippen LogP contribution in [0.2, 0.25) is 0 Å². The molecule has 0 heterocycles. The lowest BCUT2D eigenvalue weighted by Crippen LogP contribution is -2.09. The molecular formula is C12H10N2O2. The molecule has 0 aliphatic carbocycles. The van der Waals surface area contributed by atoms with Crippen molar-refractivity contribution in [2.45, 2.75) is 12.8 Å². The molecule has 0 bridgehead atoms. The lowest BCUT2D eigenvalue weighted by Gasteiger charge is -2.08. The molecule has 0 aromatic heterocycles. The highest BCUT2D eigenvalue weighted by Crippen LogP contribution is 2.17. The summed E-state index contributed by atoms with van der Waals surface area (Å²) in [5.74, 6) is -0.504. The van der Waals surface area contributed by atoms with Crippen molar-refractivity contribution in [1.82, 2.24) is 0 Å². The summed E-state index contributed by atoms with van der Waals surface area (Å²) < 4.78 is 4.65. The molecular weight excluding hydrogens is 204 g/mol. The molecule has 0 fully saturated rings. The maximum atomic E-state index is 11.6. The van der Waals surface area contributed by atoms with Gasteiger partial charge < -0.3 is 4.74 Å². The summed E-state index contributed by atoms with van der Waals surface area (Å²) in [6.07, 6.45) is 0.257. The number of rotatable bonds is 3. The van der Waals surface area contributed by atoms with Crippen molar-refractivity contribution >= 4 is 5.97 Å². The molecule has 16 heavy (non-hydrogen) atoms. The van der Waals surface area contributed by atoms with Crippen LogP contribution in [0.3, 0.4) is 0 Å². The summed E-state index contributed by atoms with van der Waals surface area (Å²) in [6.45, 7) is 0. The van der Waals surface area contributed by atoms with Gasteiger partial charge in [-0.3, -0.25) is 0 Å². The van der Waals surface area contributed by atoms with E-state index in [1.807, 2.05) is 12.1 Å². The molecule has 80 valence electrons. The molecule has 1 aromatic carbocycles. The van der Waals surface area contributed by atoms with Crippen LogP contribution in [0.4, 0.5) is 0 Å². The third kappa shape index (κ3) is 2.37. The monoisotopic (exact) mass is 214 g/mol. The van der Waals surface area contributed by atoms with Crippen LogP contribution in [0, 0.1) is 22.7 Å². The molecule has 0 radical (unpaired) electrons. The van der Waals surface area contributed by atoms with Gasteiger partial charge in [-0.05, 0) is 11.1 Å². The Bertz CT molecular complexity index is 447. The molecule has 1 aromatic rings. The van der Waals surface area contributed by atoms with E-state index >= 15 is 0 Å². The molecule has 0 N–H and O–H groups in total. The van der Waals surface area contributed by atoms with Crippen molar-refractivity contribution in [3.63, 3.8) is 0 Å². The number of benzene rings is 1. The minimum absolute atomic E-state index is 0.129. The van der Waals surface area contributed by atoms with E-state index in [-0.39, 0.29) is 12.8 Å². The molecule has 0 spiro atoms. The molecule has 4 heteroatoms. The van der Waals surface area contributed by atoms with Crippen LogP contribution in [-0.4, -0.2) is 13.1 Å². The highest BCUT2D eigenvalue weighted by atomic mass is 16.5. The number of methoxy groups -OCH3 is 1. The average Bonchev–Trinajstić information content (AvgIpc) is 2.29. The molecule has 0 amide bonds. The normalized spacial score (nSPS) is 8.94. The lowest BCUT2D eigenvalue weighted by atomic mass is 9.97. The summed E-state index contributed by atoms with van der Waals surface area (Å²) in [4.78, 5) is 11.6. The zero-order valence-corrected chi connectivity index (χ0v) is 8.86. The van der Waals surface area contributed by atoms with Crippen LogP contribution >= 0.6 is 0 Å². The number of nitrogens with zero attached hydrogens (tertiary/aromatic N) is 2. The van der Waals surface area contributed by atoms with Crippen LogP contribution in [-0.2, 0) is 17.6 Å². The summed E-state index contributed by atoms with van der Waals surface area (Å²) in [5.41, 5.74) is 1.54. The molecule has 1 rings (SSSR count). The van der Waals surface area contributed by atoms with E-state index in [0.29, 0.717) is 16.7 Å². The first kappa shape index (κ1) is 11.7. The van der Waals surface area contributed by atoms with E-state index in [9.17, 15) is 4.79 Å². The summed E-state index contributed by atoms with van der Waals surface area (Å²) in [7, 11) is 1.28. The van der Waals surface area contributed by atoms with Crippen LogP contribution in [0.25, 0.3) is 0 Å². The van der Waals surface area contributed by atoms with Gasteiger partial charge in [0.05, 0.1) is 37.7 Å². The molecule has 0 atom stereocenters. The topological polar surface area (TPSA) is 73.9 Å². The van der Waals surface area contributed by atoms with Gasteiger partial charge >= 0.3 is 5.97 Å². The van der Waals surface area contributed by atoms with E-state index in [4.69, 9.17) is 10.5 Å². The lowest BCUT2D eigenvalue weighted by molar-refractivity contribution is 0.0598. The molecule has 0 aliphatic rings.